The molecular formula is C11H16N2S3. The van der Waals surface area contributed by atoms with Crippen molar-refractivity contribution >= 4 is 34.9 Å². The van der Waals surface area contributed by atoms with Crippen LogP contribution in [0.3, 0.4) is 0 Å². The lowest BCUT2D eigenvalue weighted by atomic mass is 10.2. The van der Waals surface area contributed by atoms with E-state index in [1.165, 1.54) is 40.8 Å². The Balaban J connectivity index is 1.71. The second-order valence-corrected chi connectivity index (χ2v) is 7.54. The van der Waals surface area contributed by atoms with E-state index in [4.69, 9.17) is 4.98 Å². The van der Waals surface area contributed by atoms with E-state index in [0.717, 1.165) is 6.54 Å². The summed E-state index contributed by atoms with van der Waals surface area (Å²) in [4.78, 5) is 4.84. The van der Waals surface area contributed by atoms with E-state index >= 15 is 0 Å². The van der Waals surface area contributed by atoms with Crippen molar-refractivity contribution in [1.29, 1.82) is 0 Å². The zero-order valence-corrected chi connectivity index (χ0v) is 11.6. The first-order chi connectivity index (χ1) is 7.93. The summed E-state index contributed by atoms with van der Waals surface area (Å²) in [5.74, 6) is 3.84. The fourth-order valence-corrected chi connectivity index (χ4v) is 6.05. The average Bonchev–Trinajstić information content (AvgIpc) is 3.01. The molecule has 3 rings (SSSR count). The van der Waals surface area contributed by atoms with E-state index in [-0.39, 0.29) is 0 Å². The summed E-state index contributed by atoms with van der Waals surface area (Å²) in [5, 5.41) is 7.78. The highest BCUT2D eigenvalue weighted by Gasteiger charge is 2.23. The highest BCUT2D eigenvalue weighted by Crippen LogP contribution is 2.39. The largest absolute Gasteiger partial charge is 0.309 e. The molecule has 2 aliphatic rings. The Morgan fingerprint density at radius 3 is 3.12 bits per heavy atom. The monoisotopic (exact) mass is 272 g/mol. The fourth-order valence-electron chi connectivity index (χ4n) is 2.18. The Hall–Kier alpha value is 0.290. The first-order valence-electron chi connectivity index (χ1n) is 5.81. The van der Waals surface area contributed by atoms with Gasteiger partial charge in [0.1, 0.15) is 5.01 Å². The third-order valence-electron chi connectivity index (χ3n) is 3.05. The van der Waals surface area contributed by atoms with Gasteiger partial charge in [0.25, 0.3) is 0 Å². The molecule has 3 heterocycles. The van der Waals surface area contributed by atoms with Crippen molar-refractivity contribution in [3.63, 3.8) is 0 Å². The third kappa shape index (κ3) is 2.42. The molecule has 0 aromatic carbocycles. The van der Waals surface area contributed by atoms with E-state index in [9.17, 15) is 0 Å². The SMILES string of the molecule is c1sc(C2CSCCS2)nc1C1CCCN1. The van der Waals surface area contributed by atoms with Crippen LogP contribution in [0.4, 0.5) is 0 Å². The standard InChI is InChI=1S/C11H16N2S3/c1-2-8(12-3-1)9-6-16-11(13-9)10-7-14-4-5-15-10/h6,8,10,12H,1-5,7H2. The molecule has 0 bridgehead atoms. The van der Waals surface area contributed by atoms with Gasteiger partial charge in [-0.25, -0.2) is 4.98 Å². The van der Waals surface area contributed by atoms with Crippen LogP contribution in [0, 0.1) is 0 Å². The molecule has 0 aliphatic carbocycles. The normalized spacial score (nSPS) is 30.8. The fraction of sp³-hybridized carbons (Fsp3) is 0.727. The maximum absolute atomic E-state index is 4.84. The number of aromatic nitrogens is 1. The Morgan fingerprint density at radius 1 is 1.38 bits per heavy atom. The molecular weight excluding hydrogens is 256 g/mol. The molecule has 16 heavy (non-hydrogen) atoms. The van der Waals surface area contributed by atoms with Gasteiger partial charge in [-0.2, -0.15) is 11.8 Å². The van der Waals surface area contributed by atoms with Crippen LogP contribution in [0.2, 0.25) is 0 Å². The van der Waals surface area contributed by atoms with E-state index in [2.05, 4.69) is 34.2 Å². The lowest BCUT2D eigenvalue weighted by molar-refractivity contribution is 0.629. The molecule has 5 heteroatoms. The molecule has 0 radical (unpaired) electrons. The van der Waals surface area contributed by atoms with Gasteiger partial charge >= 0.3 is 0 Å². The quantitative estimate of drug-likeness (QED) is 0.894. The topological polar surface area (TPSA) is 24.9 Å². The molecule has 2 saturated heterocycles. The highest BCUT2D eigenvalue weighted by atomic mass is 32.2. The number of thioether (sulfide) groups is 2. The molecule has 1 N–H and O–H groups in total. The van der Waals surface area contributed by atoms with E-state index < -0.39 is 0 Å². The molecule has 2 unspecified atom stereocenters. The van der Waals surface area contributed by atoms with Crippen LogP contribution in [0.25, 0.3) is 0 Å². The molecule has 2 atom stereocenters. The summed E-state index contributed by atoms with van der Waals surface area (Å²) < 4.78 is 0. The molecule has 2 fully saturated rings. The second kappa shape index (κ2) is 5.29. The molecule has 0 saturated carbocycles. The average molecular weight is 272 g/mol. The van der Waals surface area contributed by atoms with Gasteiger partial charge < -0.3 is 5.32 Å². The predicted molar refractivity (Wildman–Crippen MR) is 74.6 cm³/mol. The van der Waals surface area contributed by atoms with Crippen molar-refractivity contribution in [3.8, 4) is 0 Å². The lowest BCUT2D eigenvalue weighted by Gasteiger charge is -2.18. The second-order valence-electron chi connectivity index (χ2n) is 4.19. The van der Waals surface area contributed by atoms with Crippen LogP contribution in [-0.4, -0.2) is 28.8 Å². The van der Waals surface area contributed by atoms with Gasteiger partial charge in [0.15, 0.2) is 0 Å². The van der Waals surface area contributed by atoms with Crippen LogP contribution < -0.4 is 5.32 Å². The van der Waals surface area contributed by atoms with Gasteiger partial charge in [-0.3, -0.25) is 0 Å². The first-order valence-corrected chi connectivity index (χ1v) is 8.90. The van der Waals surface area contributed by atoms with Crippen LogP contribution in [-0.2, 0) is 0 Å². The minimum atomic E-state index is 0.534. The van der Waals surface area contributed by atoms with Crippen LogP contribution in [0.15, 0.2) is 5.38 Å². The highest BCUT2D eigenvalue weighted by molar-refractivity contribution is 8.06. The lowest BCUT2D eigenvalue weighted by Crippen LogP contribution is -2.13. The van der Waals surface area contributed by atoms with Crippen LogP contribution in [0.1, 0.15) is 34.8 Å². The van der Waals surface area contributed by atoms with Gasteiger partial charge in [-0.1, -0.05) is 0 Å². The van der Waals surface area contributed by atoms with Crippen molar-refractivity contribution in [3.05, 3.63) is 16.1 Å². The minimum Gasteiger partial charge on any atom is -0.309 e. The summed E-state index contributed by atoms with van der Waals surface area (Å²) in [6.07, 6.45) is 2.56. The molecule has 2 aliphatic heterocycles. The zero-order chi connectivity index (χ0) is 10.8. The predicted octanol–water partition coefficient (Wildman–Crippen LogP) is 3.09. The van der Waals surface area contributed by atoms with Gasteiger partial charge in [0.2, 0.25) is 0 Å². The molecule has 1 aromatic rings. The van der Waals surface area contributed by atoms with E-state index in [1.54, 1.807) is 0 Å². The van der Waals surface area contributed by atoms with Crippen molar-refractivity contribution in [2.45, 2.75) is 24.1 Å². The number of hydrogen-bond donors (Lipinski definition) is 1. The third-order valence-corrected chi connectivity index (χ3v) is 6.94. The first kappa shape index (κ1) is 11.4. The number of rotatable bonds is 2. The Morgan fingerprint density at radius 2 is 2.38 bits per heavy atom. The summed E-state index contributed by atoms with van der Waals surface area (Å²) in [7, 11) is 0. The summed E-state index contributed by atoms with van der Waals surface area (Å²) in [6.45, 7) is 1.16. The van der Waals surface area contributed by atoms with Gasteiger partial charge in [-0.05, 0) is 19.4 Å². The number of thiazole rings is 1. The van der Waals surface area contributed by atoms with Crippen molar-refractivity contribution in [2.24, 2.45) is 0 Å². The summed E-state index contributed by atoms with van der Waals surface area (Å²) >= 11 is 6.01. The van der Waals surface area contributed by atoms with Gasteiger partial charge in [0, 0.05) is 22.6 Å². The summed E-state index contributed by atoms with van der Waals surface area (Å²) in [5.41, 5.74) is 1.29. The van der Waals surface area contributed by atoms with Crippen LogP contribution >= 0.6 is 34.9 Å². The molecule has 1 aromatic heterocycles. The van der Waals surface area contributed by atoms with Crippen LogP contribution in [0.5, 0.6) is 0 Å². The smallest absolute Gasteiger partial charge is 0.107 e. The molecule has 0 amide bonds. The molecule has 0 spiro atoms. The Labute approximate surface area is 109 Å². The van der Waals surface area contributed by atoms with Crippen molar-refractivity contribution in [2.75, 3.05) is 23.8 Å². The molecule has 2 nitrogen and oxygen atoms in total. The Bertz CT molecular complexity index is 341. The van der Waals surface area contributed by atoms with E-state index in [1.807, 2.05) is 11.3 Å². The summed E-state index contributed by atoms with van der Waals surface area (Å²) in [6, 6.07) is 0.534. The van der Waals surface area contributed by atoms with E-state index in [0.29, 0.717) is 11.3 Å². The number of hydrogen-bond acceptors (Lipinski definition) is 5. The number of nitrogens with one attached hydrogen (secondary N) is 1. The minimum absolute atomic E-state index is 0.534. The molecule has 88 valence electrons. The Kier molecular flexibility index (Phi) is 3.77. The van der Waals surface area contributed by atoms with Crippen molar-refractivity contribution < 1.29 is 0 Å². The maximum Gasteiger partial charge on any atom is 0.107 e. The zero-order valence-electron chi connectivity index (χ0n) is 9.15. The van der Waals surface area contributed by atoms with Crippen molar-refractivity contribution in [1.82, 2.24) is 10.3 Å². The van der Waals surface area contributed by atoms with Gasteiger partial charge in [-0.15, -0.1) is 23.1 Å². The number of nitrogens with zero attached hydrogens (tertiary/aromatic N) is 1. The maximum atomic E-state index is 4.84. The van der Waals surface area contributed by atoms with Gasteiger partial charge in [0.05, 0.1) is 17.0 Å².